The predicted molar refractivity (Wildman–Crippen MR) is 81.9 cm³/mol. The van der Waals surface area contributed by atoms with Crippen molar-refractivity contribution in [3.63, 3.8) is 0 Å². The van der Waals surface area contributed by atoms with Crippen LogP contribution in [0.25, 0.3) is 0 Å². The summed E-state index contributed by atoms with van der Waals surface area (Å²) in [6.45, 7) is 6.51. The Hall–Kier alpha value is -2.32. The number of nitrogens with one attached hydrogen (secondary N) is 1. The molecule has 0 aromatic rings. The van der Waals surface area contributed by atoms with E-state index in [1.807, 2.05) is 0 Å². The second-order valence-electron chi connectivity index (χ2n) is 5.47. The molecule has 0 spiro atoms. The fraction of sp³-hybridized carbons (Fsp3) is 0.733. The van der Waals surface area contributed by atoms with Crippen molar-refractivity contribution in [2.45, 2.75) is 59.4 Å². The minimum absolute atomic E-state index is 0.114. The third kappa shape index (κ3) is 11.3. The summed E-state index contributed by atoms with van der Waals surface area (Å²) in [6.07, 6.45) is -2.41. The van der Waals surface area contributed by atoms with Crippen LogP contribution in [-0.4, -0.2) is 48.0 Å². The Bertz CT molecular complexity index is 449. The molecule has 0 saturated heterocycles. The van der Waals surface area contributed by atoms with Gasteiger partial charge in [0.25, 0.3) is 0 Å². The number of hydrogen-bond acceptors (Lipinski definition) is 7. The molecule has 0 saturated carbocycles. The molecule has 0 heterocycles. The third-order valence-electron chi connectivity index (χ3n) is 2.74. The number of aliphatic carboxylic acids is 1. The number of rotatable bonds is 10. The molecule has 0 aliphatic rings. The molecule has 9 nitrogen and oxygen atoms in total. The summed E-state index contributed by atoms with van der Waals surface area (Å²) in [5.74, 6) is -2.56. The maximum Gasteiger partial charge on any atom is 0.511 e. The first kappa shape index (κ1) is 21.7. The Morgan fingerprint density at radius 2 is 1.58 bits per heavy atom. The minimum Gasteiger partial charge on any atom is -0.481 e. The van der Waals surface area contributed by atoms with Crippen LogP contribution >= 0.6 is 0 Å². The number of esters is 1. The molecule has 0 aromatic carbocycles. The Labute approximate surface area is 140 Å². The molecule has 0 fully saturated rings. The van der Waals surface area contributed by atoms with Crippen molar-refractivity contribution in [1.29, 1.82) is 0 Å². The molecule has 2 unspecified atom stereocenters. The highest BCUT2D eigenvalue weighted by molar-refractivity contribution is 5.80. The largest absolute Gasteiger partial charge is 0.511 e. The van der Waals surface area contributed by atoms with E-state index in [9.17, 15) is 19.2 Å². The van der Waals surface area contributed by atoms with Gasteiger partial charge in [-0.15, -0.1) is 0 Å². The molecule has 138 valence electrons. The van der Waals surface area contributed by atoms with E-state index in [-0.39, 0.29) is 25.5 Å². The van der Waals surface area contributed by atoms with Crippen molar-refractivity contribution >= 4 is 24.0 Å². The molecular formula is C15H25NO8. The van der Waals surface area contributed by atoms with Crippen molar-refractivity contribution in [3.05, 3.63) is 0 Å². The van der Waals surface area contributed by atoms with Crippen LogP contribution in [0.3, 0.4) is 0 Å². The fourth-order valence-electron chi connectivity index (χ4n) is 1.51. The van der Waals surface area contributed by atoms with E-state index in [2.05, 4.69) is 5.32 Å². The Balaban J connectivity index is 3.99. The molecular weight excluding hydrogens is 322 g/mol. The quantitative estimate of drug-likeness (QED) is 0.449. The number of amides is 1. The van der Waals surface area contributed by atoms with Gasteiger partial charge in [0.05, 0.1) is 18.4 Å². The first-order valence-electron chi connectivity index (χ1n) is 7.68. The van der Waals surface area contributed by atoms with Crippen LogP contribution in [0.1, 0.15) is 47.0 Å². The molecule has 0 aliphatic heterocycles. The SMILES string of the molecule is CC(C)OC(=O)OC(C)OC(=O)C(C)CCNC(=O)CCC(=O)O. The van der Waals surface area contributed by atoms with Gasteiger partial charge in [0, 0.05) is 19.9 Å². The van der Waals surface area contributed by atoms with Crippen molar-refractivity contribution < 1.29 is 38.5 Å². The summed E-state index contributed by atoms with van der Waals surface area (Å²) in [5.41, 5.74) is 0. The maximum atomic E-state index is 11.8. The first-order chi connectivity index (χ1) is 11.1. The van der Waals surface area contributed by atoms with E-state index < -0.39 is 36.2 Å². The standard InChI is InChI=1S/C15H25NO8/c1-9(2)22-15(21)24-11(4)23-14(20)10(3)7-8-16-12(17)5-6-13(18)19/h9-11H,5-8H2,1-4H3,(H,16,17)(H,18,19). The molecule has 1 amide bonds. The zero-order chi connectivity index (χ0) is 18.7. The number of ether oxygens (including phenoxy) is 3. The second kappa shape index (κ2) is 11.3. The normalized spacial score (nSPS) is 12.9. The van der Waals surface area contributed by atoms with Gasteiger partial charge in [0.1, 0.15) is 0 Å². The van der Waals surface area contributed by atoms with E-state index >= 15 is 0 Å². The van der Waals surface area contributed by atoms with Crippen molar-refractivity contribution in [3.8, 4) is 0 Å². The molecule has 0 bridgehead atoms. The number of carbonyl (C=O) groups is 4. The van der Waals surface area contributed by atoms with Crippen molar-refractivity contribution in [2.75, 3.05) is 6.54 Å². The fourth-order valence-corrected chi connectivity index (χ4v) is 1.51. The zero-order valence-corrected chi connectivity index (χ0v) is 14.4. The van der Waals surface area contributed by atoms with E-state index in [1.54, 1.807) is 20.8 Å². The van der Waals surface area contributed by atoms with Gasteiger partial charge in [-0.05, 0) is 20.3 Å². The summed E-state index contributed by atoms with van der Waals surface area (Å²) < 4.78 is 14.5. The average Bonchev–Trinajstić information content (AvgIpc) is 2.43. The lowest BCUT2D eigenvalue weighted by molar-refractivity contribution is -0.173. The van der Waals surface area contributed by atoms with Crippen LogP contribution < -0.4 is 5.32 Å². The lowest BCUT2D eigenvalue weighted by Gasteiger charge is -2.17. The zero-order valence-electron chi connectivity index (χ0n) is 14.4. The molecule has 9 heteroatoms. The van der Waals surface area contributed by atoms with Crippen molar-refractivity contribution in [1.82, 2.24) is 5.32 Å². The van der Waals surface area contributed by atoms with Gasteiger partial charge >= 0.3 is 18.1 Å². The van der Waals surface area contributed by atoms with Crippen LogP contribution in [0.2, 0.25) is 0 Å². The first-order valence-corrected chi connectivity index (χ1v) is 7.68. The number of carbonyl (C=O) groups excluding carboxylic acids is 3. The van der Waals surface area contributed by atoms with Gasteiger partial charge in [-0.3, -0.25) is 14.4 Å². The van der Waals surface area contributed by atoms with E-state index in [1.165, 1.54) is 6.92 Å². The Kier molecular flexibility index (Phi) is 10.2. The van der Waals surface area contributed by atoms with Gasteiger partial charge in [-0.1, -0.05) is 6.92 Å². The van der Waals surface area contributed by atoms with Crippen LogP contribution in [-0.2, 0) is 28.6 Å². The number of hydrogen-bond donors (Lipinski definition) is 2. The second-order valence-corrected chi connectivity index (χ2v) is 5.47. The molecule has 2 atom stereocenters. The summed E-state index contributed by atoms with van der Waals surface area (Å²) in [4.78, 5) is 44.7. The van der Waals surface area contributed by atoms with E-state index in [4.69, 9.17) is 19.3 Å². The van der Waals surface area contributed by atoms with Gasteiger partial charge in [0.15, 0.2) is 0 Å². The van der Waals surface area contributed by atoms with Crippen LogP contribution in [0, 0.1) is 5.92 Å². The summed E-state index contributed by atoms with van der Waals surface area (Å²) in [5, 5.41) is 11.0. The molecule has 0 rings (SSSR count). The van der Waals surface area contributed by atoms with E-state index in [0.29, 0.717) is 6.42 Å². The number of carboxylic acid groups (broad SMARTS) is 1. The van der Waals surface area contributed by atoms with Crippen LogP contribution in [0.15, 0.2) is 0 Å². The van der Waals surface area contributed by atoms with Crippen LogP contribution in [0.5, 0.6) is 0 Å². The van der Waals surface area contributed by atoms with Crippen LogP contribution in [0.4, 0.5) is 4.79 Å². The third-order valence-corrected chi connectivity index (χ3v) is 2.74. The topological polar surface area (TPSA) is 128 Å². The highest BCUT2D eigenvalue weighted by Crippen LogP contribution is 2.08. The highest BCUT2D eigenvalue weighted by Gasteiger charge is 2.20. The minimum atomic E-state index is -1.09. The summed E-state index contributed by atoms with van der Waals surface area (Å²) in [6, 6.07) is 0. The Morgan fingerprint density at radius 1 is 0.958 bits per heavy atom. The monoisotopic (exact) mass is 347 g/mol. The lowest BCUT2D eigenvalue weighted by Crippen LogP contribution is -2.30. The molecule has 0 aromatic heterocycles. The molecule has 0 aliphatic carbocycles. The van der Waals surface area contributed by atoms with Gasteiger partial charge in [-0.25, -0.2) is 4.79 Å². The highest BCUT2D eigenvalue weighted by atomic mass is 16.8. The maximum absolute atomic E-state index is 11.8. The van der Waals surface area contributed by atoms with Crippen molar-refractivity contribution in [2.24, 2.45) is 5.92 Å². The molecule has 2 N–H and O–H groups in total. The molecule has 24 heavy (non-hydrogen) atoms. The summed E-state index contributed by atoms with van der Waals surface area (Å²) in [7, 11) is 0. The van der Waals surface area contributed by atoms with Gasteiger partial charge in [0.2, 0.25) is 12.2 Å². The average molecular weight is 347 g/mol. The summed E-state index contributed by atoms with van der Waals surface area (Å²) >= 11 is 0. The molecule has 0 radical (unpaired) electrons. The Morgan fingerprint density at radius 3 is 2.12 bits per heavy atom. The van der Waals surface area contributed by atoms with Gasteiger partial charge < -0.3 is 24.6 Å². The lowest BCUT2D eigenvalue weighted by atomic mass is 10.1. The number of carboxylic acids is 1. The smallest absolute Gasteiger partial charge is 0.481 e. The predicted octanol–water partition coefficient (Wildman–Crippen LogP) is 1.44. The van der Waals surface area contributed by atoms with Gasteiger partial charge in [-0.2, -0.15) is 0 Å². The van der Waals surface area contributed by atoms with E-state index in [0.717, 1.165) is 0 Å².